The van der Waals surface area contributed by atoms with Gasteiger partial charge in [0.2, 0.25) is 0 Å². The van der Waals surface area contributed by atoms with Gasteiger partial charge >= 0.3 is 0 Å². The second-order valence-electron chi connectivity index (χ2n) is 4.39. The van der Waals surface area contributed by atoms with Crippen molar-refractivity contribution in [2.75, 3.05) is 6.61 Å². The van der Waals surface area contributed by atoms with Gasteiger partial charge in [0, 0.05) is 0 Å². The van der Waals surface area contributed by atoms with E-state index in [0.29, 0.717) is 22.9 Å². The minimum absolute atomic E-state index is 0.449. The molecule has 0 amide bonds. The smallest absolute Gasteiger partial charge is 0.155 e. The predicted octanol–water partition coefficient (Wildman–Crippen LogP) is 4.89. The molecule has 0 N–H and O–H groups in total. The maximum Gasteiger partial charge on any atom is 0.155 e. The summed E-state index contributed by atoms with van der Waals surface area (Å²) >= 11 is 5.92. The van der Waals surface area contributed by atoms with Gasteiger partial charge in [0.25, 0.3) is 0 Å². The lowest BCUT2D eigenvalue weighted by atomic mass is 10.1. The number of halogens is 1. The van der Waals surface area contributed by atoms with E-state index in [4.69, 9.17) is 16.3 Å². The van der Waals surface area contributed by atoms with Gasteiger partial charge in [-0.15, -0.1) is 0 Å². The molecule has 0 aliphatic carbocycles. The van der Waals surface area contributed by atoms with E-state index < -0.39 is 0 Å². The highest BCUT2D eigenvalue weighted by molar-refractivity contribution is 6.33. The first kappa shape index (κ1) is 15.0. The average Bonchev–Trinajstić information content (AvgIpc) is 2.38. The van der Waals surface area contributed by atoms with Crippen LogP contribution < -0.4 is 4.74 Å². The molecular formula is C15H21ClO2. The van der Waals surface area contributed by atoms with Crippen LogP contribution in [0.3, 0.4) is 0 Å². The molecule has 1 aromatic carbocycles. The predicted molar refractivity (Wildman–Crippen MR) is 75.7 cm³/mol. The Labute approximate surface area is 114 Å². The average molecular weight is 269 g/mol. The van der Waals surface area contributed by atoms with E-state index in [1.54, 1.807) is 18.2 Å². The Morgan fingerprint density at radius 2 is 1.89 bits per heavy atom. The third-order valence-corrected chi connectivity index (χ3v) is 3.22. The van der Waals surface area contributed by atoms with Crippen molar-refractivity contribution in [2.24, 2.45) is 0 Å². The van der Waals surface area contributed by atoms with Crippen LogP contribution in [0, 0.1) is 0 Å². The van der Waals surface area contributed by atoms with Crippen LogP contribution >= 0.6 is 11.6 Å². The summed E-state index contributed by atoms with van der Waals surface area (Å²) in [5.74, 6) is 0.589. The van der Waals surface area contributed by atoms with Crippen molar-refractivity contribution in [1.29, 1.82) is 0 Å². The summed E-state index contributed by atoms with van der Waals surface area (Å²) in [7, 11) is 0. The van der Waals surface area contributed by atoms with Crippen molar-refractivity contribution in [3.05, 3.63) is 28.8 Å². The third kappa shape index (κ3) is 5.09. The molecule has 0 fully saturated rings. The zero-order valence-electron chi connectivity index (χ0n) is 11.0. The van der Waals surface area contributed by atoms with E-state index in [0.717, 1.165) is 12.7 Å². The minimum atomic E-state index is 0.449. The van der Waals surface area contributed by atoms with Crippen LogP contribution in [0.2, 0.25) is 5.02 Å². The van der Waals surface area contributed by atoms with Gasteiger partial charge < -0.3 is 4.74 Å². The van der Waals surface area contributed by atoms with Gasteiger partial charge in [-0.1, -0.05) is 56.7 Å². The summed E-state index contributed by atoms with van der Waals surface area (Å²) in [5, 5.41) is 0.449. The molecule has 2 nitrogen and oxygen atoms in total. The quantitative estimate of drug-likeness (QED) is 0.471. The fourth-order valence-electron chi connectivity index (χ4n) is 1.82. The molecule has 0 aliphatic heterocycles. The lowest BCUT2D eigenvalue weighted by molar-refractivity contribution is 0.111. The van der Waals surface area contributed by atoms with Crippen molar-refractivity contribution in [1.82, 2.24) is 0 Å². The van der Waals surface area contributed by atoms with Gasteiger partial charge in [-0.3, -0.25) is 4.79 Å². The number of carbonyl (C=O) groups is 1. The molecule has 0 bridgehead atoms. The maximum atomic E-state index is 10.9. The molecule has 0 aromatic heterocycles. The molecule has 0 spiro atoms. The summed E-state index contributed by atoms with van der Waals surface area (Å²) in [6.07, 6.45) is 8.08. The highest BCUT2D eigenvalue weighted by Crippen LogP contribution is 2.24. The molecule has 0 atom stereocenters. The van der Waals surface area contributed by atoms with Gasteiger partial charge in [-0.05, 0) is 18.6 Å². The molecule has 0 unspecified atom stereocenters. The number of ether oxygens (including phenoxy) is 1. The van der Waals surface area contributed by atoms with Crippen LogP contribution in [0.15, 0.2) is 18.2 Å². The maximum absolute atomic E-state index is 10.9. The Hall–Kier alpha value is -1.02. The van der Waals surface area contributed by atoms with Crippen LogP contribution in [0.4, 0.5) is 0 Å². The van der Waals surface area contributed by atoms with Crippen molar-refractivity contribution >= 4 is 17.9 Å². The lowest BCUT2D eigenvalue weighted by Gasteiger charge is -2.09. The van der Waals surface area contributed by atoms with E-state index in [9.17, 15) is 4.79 Å². The molecule has 1 rings (SSSR count). The van der Waals surface area contributed by atoms with Crippen LogP contribution in [0.5, 0.6) is 5.75 Å². The summed E-state index contributed by atoms with van der Waals surface area (Å²) in [4.78, 5) is 10.9. The van der Waals surface area contributed by atoms with Gasteiger partial charge in [-0.2, -0.15) is 0 Å². The van der Waals surface area contributed by atoms with Crippen molar-refractivity contribution in [3.8, 4) is 5.75 Å². The van der Waals surface area contributed by atoms with Gasteiger partial charge in [0.1, 0.15) is 5.75 Å². The highest BCUT2D eigenvalue weighted by Gasteiger charge is 2.06. The monoisotopic (exact) mass is 268 g/mol. The number of hydrogen-bond acceptors (Lipinski definition) is 2. The molecule has 3 heteroatoms. The summed E-state index contributed by atoms with van der Waals surface area (Å²) in [6, 6.07) is 5.28. The minimum Gasteiger partial charge on any atom is -0.493 e. The first-order valence-corrected chi connectivity index (χ1v) is 7.04. The third-order valence-electron chi connectivity index (χ3n) is 2.89. The zero-order valence-corrected chi connectivity index (χ0v) is 11.7. The normalized spacial score (nSPS) is 10.3. The second kappa shape index (κ2) is 8.98. The number of hydrogen-bond donors (Lipinski definition) is 0. The summed E-state index contributed by atoms with van der Waals surface area (Å²) in [5.41, 5.74) is 0.449. The van der Waals surface area contributed by atoms with E-state index in [2.05, 4.69) is 6.92 Å². The second-order valence-corrected chi connectivity index (χ2v) is 4.79. The van der Waals surface area contributed by atoms with Crippen molar-refractivity contribution in [3.63, 3.8) is 0 Å². The molecule has 0 aliphatic rings. The van der Waals surface area contributed by atoms with E-state index >= 15 is 0 Å². The zero-order chi connectivity index (χ0) is 13.2. The van der Waals surface area contributed by atoms with Gasteiger partial charge in [0.05, 0.1) is 17.2 Å². The van der Waals surface area contributed by atoms with Crippen molar-refractivity contribution in [2.45, 2.75) is 45.4 Å². The van der Waals surface area contributed by atoms with Crippen LogP contribution in [0.25, 0.3) is 0 Å². The Morgan fingerprint density at radius 1 is 1.17 bits per heavy atom. The molecule has 1 aromatic rings. The molecular weight excluding hydrogens is 248 g/mol. The van der Waals surface area contributed by atoms with E-state index in [-0.39, 0.29) is 0 Å². The van der Waals surface area contributed by atoms with E-state index in [1.807, 2.05) is 0 Å². The molecule has 0 saturated heterocycles. The summed E-state index contributed by atoms with van der Waals surface area (Å²) < 4.78 is 5.60. The number of benzene rings is 1. The Morgan fingerprint density at radius 3 is 2.61 bits per heavy atom. The van der Waals surface area contributed by atoms with E-state index in [1.165, 1.54) is 32.1 Å². The number of carbonyl (C=O) groups excluding carboxylic acids is 1. The lowest BCUT2D eigenvalue weighted by Crippen LogP contribution is -2.00. The Bertz CT molecular complexity index is 364. The molecule has 18 heavy (non-hydrogen) atoms. The van der Waals surface area contributed by atoms with Crippen molar-refractivity contribution < 1.29 is 9.53 Å². The SMILES string of the molecule is CCCCCCCCOc1cccc(Cl)c1C=O. The number of aldehydes is 1. The fraction of sp³-hybridized carbons (Fsp3) is 0.533. The largest absolute Gasteiger partial charge is 0.493 e. The van der Waals surface area contributed by atoms with Gasteiger partial charge in [-0.25, -0.2) is 0 Å². The highest BCUT2D eigenvalue weighted by atomic mass is 35.5. The topological polar surface area (TPSA) is 26.3 Å². The first-order chi connectivity index (χ1) is 8.79. The van der Waals surface area contributed by atoms with Crippen LogP contribution in [-0.4, -0.2) is 12.9 Å². The molecule has 0 radical (unpaired) electrons. The Balaban J connectivity index is 2.27. The number of rotatable bonds is 9. The fourth-order valence-corrected chi connectivity index (χ4v) is 2.03. The van der Waals surface area contributed by atoms with Crippen LogP contribution in [0.1, 0.15) is 55.8 Å². The number of unbranched alkanes of at least 4 members (excludes halogenated alkanes) is 5. The molecule has 0 saturated carbocycles. The van der Waals surface area contributed by atoms with Crippen LogP contribution in [-0.2, 0) is 0 Å². The summed E-state index contributed by atoms with van der Waals surface area (Å²) in [6.45, 7) is 2.86. The van der Waals surface area contributed by atoms with Gasteiger partial charge in [0.15, 0.2) is 6.29 Å². The Kier molecular flexibility index (Phi) is 7.51. The first-order valence-electron chi connectivity index (χ1n) is 6.66. The molecule has 0 heterocycles. The standard InChI is InChI=1S/C15H21ClO2/c1-2-3-4-5-6-7-11-18-15-10-8-9-14(16)13(15)12-17/h8-10,12H,2-7,11H2,1H3. The molecule has 100 valence electrons.